The molecule has 0 saturated heterocycles. The van der Waals surface area contributed by atoms with Crippen molar-refractivity contribution in [2.24, 2.45) is 0 Å². The zero-order valence-corrected chi connectivity index (χ0v) is 22.9. The van der Waals surface area contributed by atoms with Gasteiger partial charge in [0.25, 0.3) is 21.8 Å². The molecule has 0 atom stereocenters. The van der Waals surface area contributed by atoms with Gasteiger partial charge in [0, 0.05) is 23.6 Å². The highest BCUT2D eigenvalue weighted by Gasteiger charge is 2.18. The Morgan fingerprint density at radius 2 is 1.55 bits per heavy atom. The van der Waals surface area contributed by atoms with Gasteiger partial charge in [0.05, 0.1) is 12.0 Å². The number of nitrogens with zero attached hydrogens (tertiary/aromatic N) is 2. The lowest BCUT2D eigenvalue weighted by molar-refractivity contribution is 0.0977. The van der Waals surface area contributed by atoms with Gasteiger partial charge in [0.2, 0.25) is 5.82 Å². The van der Waals surface area contributed by atoms with Crippen LogP contribution in [0.4, 0.5) is 11.5 Å². The fraction of sp³-hybridized carbons (Fsp3) is 0.111. The number of benzene rings is 3. The molecule has 13 heteroatoms. The SMILES string of the molecule is COc1nccnc1NS(=O)(=O)c1ccc(NC(=S)NC(=O)c2cccc(OCCOc3ccccc3)c2)cc1. The summed E-state index contributed by atoms with van der Waals surface area (Å²) in [6, 6.07) is 21.8. The molecule has 206 valence electrons. The van der Waals surface area contributed by atoms with Gasteiger partial charge in [-0.2, -0.15) is 0 Å². The molecule has 0 aliphatic rings. The second-order valence-corrected chi connectivity index (χ2v) is 10.1. The third-order valence-electron chi connectivity index (χ3n) is 5.20. The van der Waals surface area contributed by atoms with Gasteiger partial charge in [-0.3, -0.25) is 14.8 Å². The Bertz CT molecular complexity index is 1570. The molecule has 0 unspecified atom stereocenters. The normalized spacial score (nSPS) is 10.7. The molecule has 0 radical (unpaired) electrons. The van der Waals surface area contributed by atoms with Gasteiger partial charge in [-0.1, -0.05) is 24.3 Å². The molecule has 1 amide bonds. The van der Waals surface area contributed by atoms with Crippen molar-refractivity contribution in [1.29, 1.82) is 0 Å². The van der Waals surface area contributed by atoms with Crippen LogP contribution < -0.4 is 29.6 Å². The standard InChI is InChI=1S/C27H25N5O6S2/c1-36-26-24(28-14-15-29-26)32-40(34,35)23-12-10-20(11-13-23)30-27(39)31-25(33)19-6-5-9-22(18-19)38-17-16-37-21-7-3-2-4-8-21/h2-15,18H,16-17H2,1H3,(H,28,32)(H2,30,31,33,39). The van der Waals surface area contributed by atoms with Gasteiger partial charge < -0.3 is 19.5 Å². The molecule has 40 heavy (non-hydrogen) atoms. The Hall–Kier alpha value is -4.75. The van der Waals surface area contributed by atoms with Crippen LogP contribution in [0.3, 0.4) is 0 Å². The Kier molecular flexibility index (Phi) is 9.44. The van der Waals surface area contributed by atoms with Crippen molar-refractivity contribution in [3.8, 4) is 17.4 Å². The third kappa shape index (κ3) is 7.88. The van der Waals surface area contributed by atoms with E-state index in [0.717, 1.165) is 5.75 Å². The van der Waals surface area contributed by atoms with Gasteiger partial charge in [-0.25, -0.2) is 18.4 Å². The Morgan fingerprint density at radius 3 is 2.27 bits per heavy atom. The summed E-state index contributed by atoms with van der Waals surface area (Å²) >= 11 is 5.25. The van der Waals surface area contributed by atoms with E-state index in [1.54, 1.807) is 24.3 Å². The first-order valence-electron chi connectivity index (χ1n) is 11.8. The van der Waals surface area contributed by atoms with E-state index in [0.29, 0.717) is 30.2 Å². The molecule has 3 aromatic carbocycles. The maximum Gasteiger partial charge on any atom is 0.263 e. The van der Waals surface area contributed by atoms with Crippen LogP contribution in [-0.2, 0) is 10.0 Å². The number of thiocarbonyl (C=S) groups is 1. The summed E-state index contributed by atoms with van der Waals surface area (Å²) in [6.07, 6.45) is 2.72. The minimum Gasteiger partial charge on any atom is -0.490 e. The molecule has 0 spiro atoms. The van der Waals surface area contributed by atoms with Gasteiger partial charge in [-0.15, -0.1) is 0 Å². The zero-order valence-electron chi connectivity index (χ0n) is 21.2. The molecule has 3 N–H and O–H groups in total. The maximum absolute atomic E-state index is 12.7. The van der Waals surface area contributed by atoms with E-state index in [4.69, 9.17) is 26.4 Å². The number of hydrogen-bond acceptors (Lipinski definition) is 9. The molecule has 0 bridgehead atoms. The number of sulfonamides is 1. The summed E-state index contributed by atoms with van der Waals surface area (Å²) in [4.78, 5) is 20.5. The Morgan fingerprint density at radius 1 is 0.875 bits per heavy atom. The number of carbonyl (C=O) groups is 1. The quantitative estimate of drug-likeness (QED) is 0.177. The van der Waals surface area contributed by atoms with Gasteiger partial charge >= 0.3 is 0 Å². The van der Waals surface area contributed by atoms with Crippen LogP contribution in [0.2, 0.25) is 0 Å². The fourth-order valence-electron chi connectivity index (χ4n) is 3.35. The van der Waals surface area contributed by atoms with Crippen LogP contribution in [0, 0.1) is 0 Å². The van der Waals surface area contributed by atoms with Crippen molar-refractivity contribution < 1.29 is 27.4 Å². The third-order valence-corrected chi connectivity index (χ3v) is 6.76. The molecule has 11 nitrogen and oxygen atoms in total. The summed E-state index contributed by atoms with van der Waals surface area (Å²) in [6.45, 7) is 0.645. The summed E-state index contributed by atoms with van der Waals surface area (Å²) in [7, 11) is -2.60. The highest BCUT2D eigenvalue weighted by Crippen LogP contribution is 2.22. The number of hydrogen-bond donors (Lipinski definition) is 3. The molecular weight excluding hydrogens is 554 g/mol. The van der Waals surface area contributed by atoms with Crippen molar-refractivity contribution in [2.45, 2.75) is 4.90 Å². The lowest BCUT2D eigenvalue weighted by Crippen LogP contribution is -2.34. The molecule has 1 heterocycles. The van der Waals surface area contributed by atoms with Crippen LogP contribution in [0.5, 0.6) is 17.4 Å². The summed E-state index contributed by atoms with van der Waals surface area (Å²) in [5.41, 5.74) is 0.814. The molecule has 1 aromatic heterocycles. The monoisotopic (exact) mass is 579 g/mol. The number of carbonyl (C=O) groups excluding carboxylic acids is 1. The van der Waals surface area contributed by atoms with Crippen molar-refractivity contribution in [2.75, 3.05) is 30.4 Å². The van der Waals surface area contributed by atoms with Gasteiger partial charge in [0.1, 0.15) is 24.7 Å². The molecular formula is C27H25N5O6S2. The minimum atomic E-state index is -3.96. The second kappa shape index (κ2) is 13.4. The largest absolute Gasteiger partial charge is 0.490 e. The first kappa shape index (κ1) is 28.3. The van der Waals surface area contributed by atoms with E-state index in [1.165, 1.54) is 43.8 Å². The van der Waals surface area contributed by atoms with E-state index in [-0.39, 0.29) is 21.7 Å². The second-order valence-electron chi connectivity index (χ2n) is 7.99. The van der Waals surface area contributed by atoms with Gasteiger partial charge in [-0.05, 0) is 66.8 Å². The Labute approximate surface area is 236 Å². The number of rotatable bonds is 11. The van der Waals surface area contributed by atoms with Crippen LogP contribution in [0.15, 0.2) is 96.2 Å². The van der Waals surface area contributed by atoms with Gasteiger partial charge in [0.15, 0.2) is 5.11 Å². The molecule has 4 aromatic rings. The topological polar surface area (TPSA) is 141 Å². The summed E-state index contributed by atoms with van der Waals surface area (Å²) < 4.78 is 44.1. The van der Waals surface area contributed by atoms with Crippen molar-refractivity contribution in [1.82, 2.24) is 15.3 Å². The maximum atomic E-state index is 12.7. The molecule has 0 aliphatic carbocycles. The van der Waals surface area contributed by atoms with E-state index in [1.807, 2.05) is 30.3 Å². The number of nitrogens with one attached hydrogen (secondary N) is 3. The predicted octanol–water partition coefficient (Wildman–Crippen LogP) is 3.87. The first-order chi connectivity index (χ1) is 19.3. The average molecular weight is 580 g/mol. The lowest BCUT2D eigenvalue weighted by Gasteiger charge is -2.12. The smallest absolute Gasteiger partial charge is 0.263 e. The highest BCUT2D eigenvalue weighted by atomic mass is 32.2. The first-order valence-corrected chi connectivity index (χ1v) is 13.7. The van der Waals surface area contributed by atoms with Crippen LogP contribution in [0.1, 0.15) is 10.4 Å². The molecule has 4 rings (SSSR count). The minimum absolute atomic E-state index is 0.0216. The summed E-state index contributed by atoms with van der Waals surface area (Å²) in [5, 5.41) is 5.48. The predicted molar refractivity (Wildman–Crippen MR) is 153 cm³/mol. The number of amides is 1. The number of anilines is 2. The number of aromatic nitrogens is 2. The zero-order chi connectivity index (χ0) is 28.4. The van der Waals surface area contributed by atoms with E-state index < -0.39 is 15.9 Å². The van der Waals surface area contributed by atoms with E-state index in [9.17, 15) is 13.2 Å². The number of ether oxygens (including phenoxy) is 3. The van der Waals surface area contributed by atoms with Crippen LogP contribution in [-0.4, -0.2) is 49.7 Å². The van der Waals surface area contributed by atoms with Crippen molar-refractivity contribution in [3.63, 3.8) is 0 Å². The molecule has 0 saturated carbocycles. The van der Waals surface area contributed by atoms with Crippen molar-refractivity contribution >= 4 is 44.8 Å². The Balaban J connectivity index is 1.28. The fourth-order valence-corrected chi connectivity index (χ4v) is 4.57. The van der Waals surface area contributed by atoms with Crippen molar-refractivity contribution in [3.05, 3.63) is 96.8 Å². The van der Waals surface area contributed by atoms with Crippen LogP contribution in [0.25, 0.3) is 0 Å². The lowest BCUT2D eigenvalue weighted by atomic mass is 10.2. The molecule has 0 fully saturated rings. The average Bonchev–Trinajstić information content (AvgIpc) is 2.96. The van der Waals surface area contributed by atoms with E-state index in [2.05, 4.69) is 25.3 Å². The number of para-hydroxylation sites is 1. The highest BCUT2D eigenvalue weighted by molar-refractivity contribution is 7.92. The molecule has 0 aliphatic heterocycles. The number of methoxy groups -OCH3 is 1. The van der Waals surface area contributed by atoms with Crippen LogP contribution >= 0.6 is 12.2 Å². The summed E-state index contributed by atoms with van der Waals surface area (Å²) in [5.74, 6) is 0.819. The van der Waals surface area contributed by atoms with E-state index >= 15 is 0 Å².